The van der Waals surface area contributed by atoms with Crippen molar-refractivity contribution in [1.29, 1.82) is 0 Å². The fourth-order valence-corrected chi connectivity index (χ4v) is 4.64. The summed E-state index contributed by atoms with van der Waals surface area (Å²) in [5.74, 6) is 0.568. The fourth-order valence-electron chi connectivity index (χ4n) is 4.64. The molecule has 7 heteroatoms. The van der Waals surface area contributed by atoms with E-state index in [1.807, 2.05) is 43.3 Å². The minimum absolute atomic E-state index is 0.153. The number of rotatable bonds is 6. The number of benzene rings is 3. The summed E-state index contributed by atoms with van der Waals surface area (Å²) < 4.78 is 7.22. The normalized spacial score (nSPS) is 14.5. The maximum absolute atomic E-state index is 13.8. The Kier molecular flexibility index (Phi) is 7.06. The third-order valence-electron chi connectivity index (χ3n) is 7.09. The Morgan fingerprint density at radius 3 is 2.49 bits per heavy atom. The van der Waals surface area contributed by atoms with Gasteiger partial charge in [0, 0.05) is 25.2 Å². The Balaban J connectivity index is 1.51. The summed E-state index contributed by atoms with van der Waals surface area (Å²) in [6, 6.07) is 21.2. The molecule has 1 aromatic heterocycles. The molecule has 5 rings (SSSR count). The third-order valence-corrected chi connectivity index (χ3v) is 7.09. The van der Waals surface area contributed by atoms with E-state index in [2.05, 4.69) is 36.2 Å². The molecule has 1 aliphatic rings. The van der Waals surface area contributed by atoms with Crippen LogP contribution in [0.25, 0.3) is 16.6 Å². The molecule has 7 nitrogen and oxygen atoms in total. The van der Waals surface area contributed by atoms with E-state index in [-0.39, 0.29) is 17.4 Å². The Labute approximate surface area is 216 Å². The number of anilines is 1. The number of hydrogen-bond donors (Lipinski definition) is 1. The van der Waals surface area contributed by atoms with Crippen molar-refractivity contribution >= 4 is 22.8 Å². The summed E-state index contributed by atoms with van der Waals surface area (Å²) in [6.07, 6.45) is 0. The molecule has 0 radical (unpaired) electrons. The van der Waals surface area contributed by atoms with Crippen LogP contribution in [0.3, 0.4) is 0 Å². The number of morpholine rings is 1. The highest BCUT2D eigenvalue weighted by molar-refractivity contribution is 5.97. The van der Waals surface area contributed by atoms with Crippen LogP contribution >= 0.6 is 0 Å². The van der Waals surface area contributed by atoms with E-state index in [0.29, 0.717) is 55.3 Å². The molecular formula is C30H32N4O3. The average Bonchev–Trinajstić information content (AvgIpc) is 2.93. The van der Waals surface area contributed by atoms with E-state index in [0.717, 1.165) is 16.8 Å². The number of carbonyl (C=O) groups excluding carboxylic acids is 1. The number of ether oxygens (including phenoxy) is 1. The van der Waals surface area contributed by atoms with Crippen LogP contribution in [-0.4, -0.2) is 48.3 Å². The lowest BCUT2D eigenvalue weighted by atomic mass is 10.0. The van der Waals surface area contributed by atoms with Crippen molar-refractivity contribution in [3.63, 3.8) is 0 Å². The minimum atomic E-state index is -0.183. The van der Waals surface area contributed by atoms with Crippen molar-refractivity contribution in [2.45, 2.75) is 26.7 Å². The van der Waals surface area contributed by atoms with E-state index in [9.17, 15) is 9.59 Å². The first kappa shape index (κ1) is 24.7. The Morgan fingerprint density at radius 1 is 1.00 bits per heavy atom. The van der Waals surface area contributed by atoms with Gasteiger partial charge in [-0.15, -0.1) is 0 Å². The lowest BCUT2D eigenvalue weighted by Gasteiger charge is -2.30. The third kappa shape index (κ3) is 5.13. The molecule has 1 unspecified atom stereocenters. The molecule has 1 amide bonds. The van der Waals surface area contributed by atoms with E-state index in [1.165, 1.54) is 5.56 Å². The minimum Gasteiger partial charge on any atom is -0.378 e. The second-order valence-electron chi connectivity index (χ2n) is 9.67. The second kappa shape index (κ2) is 10.6. The maximum atomic E-state index is 13.8. The SMILES string of the molecule is Cc1ccc(-n2c(N3CCOCC3)nc3cc(C(=O)NCC(C)c4ccccc4)ccc3c2=O)cc1C. The monoisotopic (exact) mass is 496 g/mol. The molecule has 1 fully saturated rings. The summed E-state index contributed by atoms with van der Waals surface area (Å²) in [5.41, 5.74) is 5.06. The highest BCUT2D eigenvalue weighted by Gasteiger charge is 2.21. The van der Waals surface area contributed by atoms with Crippen LogP contribution in [0.15, 0.2) is 71.5 Å². The van der Waals surface area contributed by atoms with E-state index in [4.69, 9.17) is 9.72 Å². The number of carbonyl (C=O) groups is 1. The zero-order chi connectivity index (χ0) is 25.9. The van der Waals surface area contributed by atoms with Crippen molar-refractivity contribution < 1.29 is 9.53 Å². The van der Waals surface area contributed by atoms with Crippen molar-refractivity contribution in [2.24, 2.45) is 0 Å². The van der Waals surface area contributed by atoms with Crippen LogP contribution in [-0.2, 0) is 4.74 Å². The largest absolute Gasteiger partial charge is 0.378 e. The summed E-state index contributed by atoms with van der Waals surface area (Å²) in [4.78, 5) is 33.8. The van der Waals surface area contributed by atoms with Crippen molar-refractivity contribution in [3.05, 3.63) is 99.3 Å². The molecule has 1 N–H and O–H groups in total. The van der Waals surface area contributed by atoms with Gasteiger partial charge in [-0.25, -0.2) is 9.55 Å². The first-order chi connectivity index (χ1) is 17.9. The van der Waals surface area contributed by atoms with Crippen molar-refractivity contribution in [3.8, 4) is 5.69 Å². The Hall–Kier alpha value is -3.97. The van der Waals surface area contributed by atoms with Crippen molar-refractivity contribution in [2.75, 3.05) is 37.7 Å². The first-order valence-electron chi connectivity index (χ1n) is 12.7. The van der Waals surface area contributed by atoms with E-state index in [1.54, 1.807) is 22.8 Å². The van der Waals surface area contributed by atoms with Gasteiger partial charge in [-0.2, -0.15) is 0 Å². The predicted molar refractivity (Wildman–Crippen MR) is 147 cm³/mol. The molecule has 0 aliphatic carbocycles. The molecule has 1 saturated heterocycles. The van der Waals surface area contributed by atoms with Crippen LogP contribution in [0.2, 0.25) is 0 Å². The van der Waals surface area contributed by atoms with Gasteiger partial charge in [0.15, 0.2) is 0 Å². The lowest BCUT2D eigenvalue weighted by molar-refractivity contribution is 0.0951. The molecule has 0 saturated carbocycles. The number of nitrogens with zero attached hydrogens (tertiary/aromatic N) is 3. The number of amides is 1. The smallest absolute Gasteiger partial charge is 0.267 e. The molecule has 190 valence electrons. The van der Waals surface area contributed by atoms with Crippen LogP contribution in [0.5, 0.6) is 0 Å². The average molecular weight is 497 g/mol. The highest BCUT2D eigenvalue weighted by Crippen LogP contribution is 2.23. The van der Waals surface area contributed by atoms with Gasteiger partial charge in [-0.1, -0.05) is 43.3 Å². The number of fused-ring (bicyclic) bond motifs is 1. The molecule has 4 aromatic rings. The Bertz CT molecular complexity index is 1490. The van der Waals surface area contributed by atoms with Crippen molar-refractivity contribution in [1.82, 2.24) is 14.9 Å². The van der Waals surface area contributed by atoms with Gasteiger partial charge < -0.3 is 15.0 Å². The standard InChI is InChI=1S/C30H32N4O3/c1-20-9-11-25(17-21(20)2)34-29(36)26-12-10-24(18-27(26)32-30(34)33-13-15-37-16-14-33)28(35)31-19-22(3)23-7-5-4-6-8-23/h4-12,17-18,22H,13-16,19H2,1-3H3,(H,31,35). The van der Waals surface area contributed by atoms with Gasteiger partial charge in [0.05, 0.1) is 29.8 Å². The topological polar surface area (TPSA) is 76.5 Å². The molecule has 1 aliphatic heterocycles. The van der Waals surface area contributed by atoms with Crippen LogP contribution in [0, 0.1) is 13.8 Å². The zero-order valence-electron chi connectivity index (χ0n) is 21.5. The number of aryl methyl sites for hydroxylation is 2. The van der Waals surface area contributed by atoms with E-state index >= 15 is 0 Å². The molecule has 1 atom stereocenters. The number of hydrogen-bond acceptors (Lipinski definition) is 5. The van der Waals surface area contributed by atoms with E-state index < -0.39 is 0 Å². The maximum Gasteiger partial charge on any atom is 0.267 e. The van der Waals surface area contributed by atoms with Crippen LogP contribution in [0.1, 0.15) is 39.9 Å². The first-order valence-corrected chi connectivity index (χ1v) is 12.7. The molecule has 0 bridgehead atoms. The summed E-state index contributed by atoms with van der Waals surface area (Å²) >= 11 is 0. The molecule has 2 heterocycles. The zero-order valence-corrected chi connectivity index (χ0v) is 21.5. The second-order valence-corrected chi connectivity index (χ2v) is 9.67. The number of nitrogens with one attached hydrogen (secondary N) is 1. The predicted octanol–water partition coefficient (Wildman–Crippen LogP) is 4.37. The molecular weight excluding hydrogens is 464 g/mol. The van der Waals surface area contributed by atoms with Gasteiger partial charge in [-0.3, -0.25) is 9.59 Å². The summed E-state index contributed by atoms with van der Waals surface area (Å²) in [6.45, 7) is 9.11. The van der Waals surface area contributed by atoms with Crippen LogP contribution in [0.4, 0.5) is 5.95 Å². The van der Waals surface area contributed by atoms with Gasteiger partial charge in [0.1, 0.15) is 0 Å². The quantitative estimate of drug-likeness (QED) is 0.429. The van der Waals surface area contributed by atoms with Gasteiger partial charge >= 0.3 is 0 Å². The van der Waals surface area contributed by atoms with Gasteiger partial charge in [0.25, 0.3) is 11.5 Å². The molecule has 3 aromatic carbocycles. The number of aromatic nitrogens is 2. The lowest BCUT2D eigenvalue weighted by Crippen LogP contribution is -2.40. The molecule has 37 heavy (non-hydrogen) atoms. The van der Waals surface area contributed by atoms with Gasteiger partial charge in [0.2, 0.25) is 5.95 Å². The van der Waals surface area contributed by atoms with Gasteiger partial charge in [-0.05, 0) is 66.8 Å². The Morgan fingerprint density at radius 2 is 1.76 bits per heavy atom. The fraction of sp³-hybridized carbons (Fsp3) is 0.300. The highest BCUT2D eigenvalue weighted by atomic mass is 16.5. The molecule has 0 spiro atoms. The summed E-state index contributed by atoms with van der Waals surface area (Å²) in [5, 5.41) is 3.50. The van der Waals surface area contributed by atoms with Crippen LogP contribution < -0.4 is 15.8 Å². The summed E-state index contributed by atoms with van der Waals surface area (Å²) in [7, 11) is 0.